The Bertz CT molecular complexity index is 1630. The Morgan fingerprint density at radius 3 is 2.83 bits per heavy atom. The second-order valence-corrected chi connectivity index (χ2v) is 9.26. The van der Waals surface area contributed by atoms with E-state index in [9.17, 15) is 9.90 Å². The van der Waals surface area contributed by atoms with Gasteiger partial charge in [-0.05, 0) is 50.1 Å². The highest BCUT2D eigenvalue weighted by Crippen LogP contribution is 2.38. The molecule has 3 heterocycles. The summed E-state index contributed by atoms with van der Waals surface area (Å²) in [4.78, 5) is 21.7. The standard InChI is InChI=1S/C29H25N3O4/c1-15-8-11-25(35-17(3)18-9-10-21-22(12-18)31-14-30-21)26-20(29(33)34)13-23(32-27(15)26)28-16(2)19-6-4-5-7-24(19)36-28/h4-14,17,21-22H,1-3H3,(H,30,31)(H,33,34)/t17-,21?,22?/m1/s1. The minimum absolute atomic E-state index is 0.101. The van der Waals surface area contributed by atoms with Crippen molar-refractivity contribution >= 4 is 34.2 Å². The molecule has 180 valence electrons. The first-order chi connectivity index (χ1) is 17.4. The van der Waals surface area contributed by atoms with E-state index in [2.05, 4.69) is 22.5 Å². The molecule has 0 amide bonds. The lowest BCUT2D eigenvalue weighted by molar-refractivity contribution is 0.0698. The van der Waals surface area contributed by atoms with Crippen LogP contribution in [-0.2, 0) is 0 Å². The van der Waals surface area contributed by atoms with Crippen molar-refractivity contribution in [3.05, 3.63) is 83.0 Å². The Kier molecular flexibility index (Phi) is 5.14. The minimum atomic E-state index is -1.05. The summed E-state index contributed by atoms with van der Waals surface area (Å²) in [5.41, 5.74) is 4.71. The summed E-state index contributed by atoms with van der Waals surface area (Å²) in [6.45, 7) is 5.83. The molecular weight excluding hydrogens is 454 g/mol. The van der Waals surface area contributed by atoms with E-state index in [-0.39, 0.29) is 23.8 Å². The van der Waals surface area contributed by atoms with Crippen molar-refractivity contribution in [3.63, 3.8) is 0 Å². The van der Waals surface area contributed by atoms with Crippen LogP contribution in [-0.4, -0.2) is 40.6 Å². The Balaban J connectivity index is 1.45. The van der Waals surface area contributed by atoms with E-state index in [0.29, 0.717) is 28.1 Å². The molecule has 0 bridgehead atoms. The number of aromatic carboxylic acids is 1. The monoisotopic (exact) mass is 479 g/mol. The maximum atomic E-state index is 12.5. The third-order valence-corrected chi connectivity index (χ3v) is 6.94. The number of carboxylic acid groups (broad SMARTS) is 1. The highest BCUT2D eigenvalue weighted by atomic mass is 16.5. The van der Waals surface area contributed by atoms with Crippen molar-refractivity contribution in [2.75, 3.05) is 0 Å². The molecule has 0 saturated carbocycles. The van der Waals surface area contributed by atoms with Gasteiger partial charge in [0.1, 0.15) is 23.1 Å². The molecule has 2 aromatic heterocycles. The lowest BCUT2D eigenvalue weighted by Gasteiger charge is -2.23. The number of pyridine rings is 1. The average molecular weight is 480 g/mol. The Labute approximate surface area is 207 Å². The lowest BCUT2D eigenvalue weighted by atomic mass is 9.96. The van der Waals surface area contributed by atoms with Crippen LogP contribution in [0.3, 0.4) is 0 Å². The first-order valence-electron chi connectivity index (χ1n) is 11.9. The van der Waals surface area contributed by atoms with Gasteiger partial charge in [0, 0.05) is 10.9 Å². The van der Waals surface area contributed by atoms with Crippen molar-refractivity contribution in [2.24, 2.45) is 4.99 Å². The van der Waals surface area contributed by atoms with Gasteiger partial charge in [0.25, 0.3) is 0 Å². The number of benzene rings is 2. The molecule has 2 N–H and O–H groups in total. The molecule has 0 fully saturated rings. The fourth-order valence-corrected chi connectivity index (χ4v) is 4.97. The number of fused-ring (bicyclic) bond motifs is 3. The molecule has 0 saturated heterocycles. The van der Waals surface area contributed by atoms with Gasteiger partial charge in [0.05, 0.1) is 34.9 Å². The molecule has 2 aromatic carbocycles. The third-order valence-electron chi connectivity index (χ3n) is 6.94. The number of rotatable bonds is 5. The van der Waals surface area contributed by atoms with E-state index in [4.69, 9.17) is 14.1 Å². The number of hydrogen-bond donors (Lipinski definition) is 2. The lowest BCUT2D eigenvalue weighted by Crippen LogP contribution is -2.32. The number of nitrogens with zero attached hydrogens (tertiary/aromatic N) is 2. The normalized spacial score (nSPS) is 19.2. The molecule has 6 rings (SSSR count). The largest absolute Gasteiger partial charge is 0.485 e. The smallest absolute Gasteiger partial charge is 0.336 e. The van der Waals surface area contributed by atoms with Crippen LogP contribution in [0.1, 0.15) is 28.4 Å². The summed E-state index contributed by atoms with van der Waals surface area (Å²) < 4.78 is 12.5. The summed E-state index contributed by atoms with van der Waals surface area (Å²) in [5.74, 6) is -0.00148. The molecule has 3 atom stereocenters. The third kappa shape index (κ3) is 3.55. The number of furan rings is 1. The second kappa shape index (κ2) is 8.37. The molecule has 4 aromatic rings. The zero-order valence-corrected chi connectivity index (χ0v) is 20.1. The van der Waals surface area contributed by atoms with Crippen LogP contribution in [0.4, 0.5) is 0 Å². The number of nitrogens with one attached hydrogen (secondary N) is 1. The predicted octanol–water partition coefficient (Wildman–Crippen LogP) is 5.60. The molecule has 1 aliphatic carbocycles. The quantitative estimate of drug-likeness (QED) is 0.387. The van der Waals surface area contributed by atoms with Crippen molar-refractivity contribution < 1.29 is 19.1 Å². The fraction of sp³-hybridized carbons (Fsp3) is 0.207. The van der Waals surface area contributed by atoms with Gasteiger partial charge in [-0.25, -0.2) is 9.78 Å². The van der Waals surface area contributed by atoms with Gasteiger partial charge in [-0.1, -0.05) is 42.5 Å². The number of hydrogen-bond acceptors (Lipinski definition) is 6. The van der Waals surface area contributed by atoms with Crippen LogP contribution in [0.25, 0.3) is 33.3 Å². The number of carboxylic acids is 1. The Morgan fingerprint density at radius 2 is 2.03 bits per heavy atom. The second-order valence-electron chi connectivity index (χ2n) is 9.26. The van der Waals surface area contributed by atoms with Crippen LogP contribution in [0.5, 0.6) is 5.75 Å². The molecule has 2 unspecified atom stereocenters. The summed E-state index contributed by atoms with van der Waals surface area (Å²) in [6.07, 6.45) is 7.61. The number of carbonyl (C=O) groups is 1. The van der Waals surface area contributed by atoms with Crippen LogP contribution < -0.4 is 10.1 Å². The van der Waals surface area contributed by atoms with Crippen molar-refractivity contribution in [3.8, 4) is 17.2 Å². The molecule has 0 radical (unpaired) electrons. The SMILES string of the molecule is Cc1c(-c2cc(C(=O)O)c3c(O[C@H](C)C4=CC5NC=NC5C=C4)ccc(C)c3n2)oc2ccccc12. The van der Waals surface area contributed by atoms with E-state index in [1.54, 1.807) is 12.4 Å². The topological polar surface area (TPSA) is 97.0 Å². The van der Waals surface area contributed by atoms with Crippen molar-refractivity contribution in [1.29, 1.82) is 0 Å². The maximum absolute atomic E-state index is 12.5. The number of aryl methyl sites for hydroxylation is 2. The van der Waals surface area contributed by atoms with E-state index in [0.717, 1.165) is 27.7 Å². The summed E-state index contributed by atoms with van der Waals surface area (Å²) in [6, 6.07) is 13.3. The van der Waals surface area contributed by atoms with Gasteiger partial charge in [-0.15, -0.1) is 0 Å². The minimum Gasteiger partial charge on any atom is -0.485 e. The molecule has 0 spiro atoms. The van der Waals surface area contributed by atoms with E-state index in [1.807, 2.05) is 63.2 Å². The molecule has 7 nitrogen and oxygen atoms in total. The van der Waals surface area contributed by atoms with Gasteiger partial charge in [-0.3, -0.25) is 4.99 Å². The maximum Gasteiger partial charge on any atom is 0.336 e. The highest BCUT2D eigenvalue weighted by Gasteiger charge is 2.26. The molecular formula is C29H25N3O4. The summed E-state index contributed by atoms with van der Waals surface area (Å²) in [7, 11) is 0. The van der Waals surface area contributed by atoms with Gasteiger partial charge < -0.3 is 19.6 Å². The van der Waals surface area contributed by atoms with Gasteiger partial charge >= 0.3 is 5.97 Å². The van der Waals surface area contributed by atoms with Crippen molar-refractivity contribution in [1.82, 2.24) is 10.3 Å². The van der Waals surface area contributed by atoms with E-state index >= 15 is 0 Å². The molecule has 1 aliphatic heterocycles. The Hall–Kier alpha value is -4.39. The Morgan fingerprint density at radius 1 is 1.19 bits per heavy atom. The first-order valence-corrected chi connectivity index (χ1v) is 11.9. The van der Waals surface area contributed by atoms with E-state index < -0.39 is 5.97 Å². The highest BCUT2D eigenvalue weighted by molar-refractivity contribution is 6.07. The van der Waals surface area contributed by atoms with Gasteiger partial charge in [-0.2, -0.15) is 0 Å². The van der Waals surface area contributed by atoms with Crippen LogP contribution in [0.15, 0.2) is 75.7 Å². The number of aliphatic imine (C=N–C) groups is 1. The van der Waals surface area contributed by atoms with Crippen LogP contribution in [0.2, 0.25) is 0 Å². The van der Waals surface area contributed by atoms with Gasteiger partial charge in [0.15, 0.2) is 5.76 Å². The zero-order chi connectivity index (χ0) is 25.0. The molecule has 2 aliphatic rings. The molecule has 36 heavy (non-hydrogen) atoms. The number of aromatic nitrogens is 1. The first kappa shape index (κ1) is 22.1. The van der Waals surface area contributed by atoms with Crippen LogP contribution >= 0.6 is 0 Å². The van der Waals surface area contributed by atoms with Gasteiger partial charge in [0.2, 0.25) is 0 Å². The van der Waals surface area contributed by atoms with E-state index in [1.165, 1.54) is 0 Å². The number of para-hydroxylation sites is 1. The number of ether oxygens (including phenoxy) is 1. The average Bonchev–Trinajstić information content (AvgIpc) is 3.49. The summed E-state index contributed by atoms with van der Waals surface area (Å²) in [5, 5.41) is 14.9. The van der Waals surface area contributed by atoms with Crippen LogP contribution in [0, 0.1) is 13.8 Å². The predicted molar refractivity (Wildman–Crippen MR) is 140 cm³/mol. The molecule has 7 heteroatoms. The fourth-order valence-electron chi connectivity index (χ4n) is 4.97. The summed E-state index contributed by atoms with van der Waals surface area (Å²) >= 11 is 0. The van der Waals surface area contributed by atoms with Crippen molar-refractivity contribution in [2.45, 2.75) is 39.0 Å². The zero-order valence-electron chi connectivity index (χ0n) is 20.1.